The van der Waals surface area contributed by atoms with E-state index in [0.29, 0.717) is 17.9 Å². The predicted octanol–water partition coefficient (Wildman–Crippen LogP) is 3.15. The van der Waals surface area contributed by atoms with E-state index in [1.54, 1.807) is 0 Å². The van der Waals surface area contributed by atoms with Gasteiger partial charge in [-0.2, -0.15) is 0 Å². The Kier molecular flexibility index (Phi) is 5.95. The van der Waals surface area contributed by atoms with Crippen LogP contribution in [0, 0.1) is 11.8 Å². The summed E-state index contributed by atoms with van der Waals surface area (Å²) in [5.41, 5.74) is 0.767. The quantitative estimate of drug-likeness (QED) is 0.830. The van der Waals surface area contributed by atoms with Crippen LogP contribution in [-0.4, -0.2) is 53.8 Å². The molecule has 1 aromatic carbocycles. The number of carbonyl (C=O) groups is 2. The molecule has 3 aliphatic rings. The zero-order chi connectivity index (χ0) is 20.4. The van der Waals surface area contributed by atoms with Crippen molar-refractivity contribution < 1.29 is 9.59 Å². The Morgan fingerprint density at radius 2 is 1.62 bits per heavy atom. The highest BCUT2D eigenvalue weighted by Gasteiger charge is 2.37. The largest absolute Gasteiger partial charge is 0.347 e. The van der Waals surface area contributed by atoms with Crippen LogP contribution in [0.2, 0.25) is 0 Å². The van der Waals surface area contributed by atoms with E-state index in [9.17, 15) is 9.59 Å². The van der Waals surface area contributed by atoms with Gasteiger partial charge in [-0.1, -0.05) is 30.3 Å². The van der Waals surface area contributed by atoms with Gasteiger partial charge in [0.05, 0.1) is 11.5 Å². The van der Waals surface area contributed by atoms with Crippen LogP contribution in [0.3, 0.4) is 0 Å². The Balaban J connectivity index is 1.30. The second-order valence-electron chi connectivity index (χ2n) is 9.65. The van der Waals surface area contributed by atoms with Crippen molar-refractivity contribution in [2.75, 3.05) is 26.2 Å². The lowest BCUT2D eigenvalue weighted by molar-refractivity contribution is -0.134. The maximum Gasteiger partial charge on any atom is 0.225 e. The van der Waals surface area contributed by atoms with Gasteiger partial charge in [-0.15, -0.1) is 0 Å². The lowest BCUT2D eigenvalue weighted by Crippen LogP contribution is -2.53. The van der Waals surface area contributed by atoms with Crippen LogP contribution in [-0.2, 0) is 15.1 Å². The van der Waals surface area contributed by atoms with Gasteiger partial charge in [0.2, 0.25) is 11.8 Å². The molecule has 158 valence electrons. The van der Waals surface area contributed by atoms with Crippen LogP contribution >= 0.6 is 0 Å². The third-order valence-corrected chi connectivity index (χ3v) is 6.97. The summed E-state index contributed by atoms with van der Waals surface area (Å²) in [5.74, 6) is 0.924. The Morgan fingerprint density at radius 1 is 0.931 bits per heavy atom. The number of benzene rings is 1. The number of nitrogens with zero attached hydrogens (tertiary/aromatic N) is 2. The molecule has 1 aromatic rings. The molecular weight excluding hydrogens is 362 g/mol. The first-order chi connectivity index (χ1) is 13.9. The van der Waals surface area contributed by atoms with Crippen molar-refractivity contribution in [3.05, 3.63) is 35.9 Å². The fourth-order valence-corrected chi connectivity index (χ4v) is 4.93. The third kappa shape index (κ3) is 4.82. The molecule has 29 heavy (non-hydrogen) atoms. The van der Waals surface area contributed by atoms with E-state index in [0.717, 1.165) is 70.3 Å². The summed E-state index contributed by atoms with van der Waals surface area (Å²) >= 11 is 0. The molecule has 2 saturated heterocycles. The second-order valence-corrected chi connectivity index (χ2v) is 9.65. The topological polar surface area (TPSA) is 52.7 Å². The van der Waals surface area contributed by atoms with E-state index in [2.05, 4.69) is 41.1 Å². The first-order valence-corrected chi connectivity index (χ1v) is 11.3. The van der Waals surface area contributed by atoms with Gasteiger partial charge in [-0.3, -0.25) is 14.5 Å². The molecule has 3 fully saturated rings. The van der Waals surface area contributed by atoms with Gasteiger partial charge < -0.3 is 10.2 Å². The monoisotopic (exact) mass is 397 g/mol. The number of rotatable bonds is 5. The van der Waals surface area contributed by atoms with Crippen molar-refractivity contribution in [2.45, 2.75) is 64.0 Å². The smallest absolute Gasteiger partial charge is 0.225 e. The molecule has 1 atom stereocenters. The standard InChI is InChI=1S/C24H35N3O2/c1-24(2,20-8-4-3-5-9-20)25-22(28)19-7-6-14-27(17-19)21-12-15-26(16-13-21)23(29)18-10-11-18/h3-5,8-9,18-19,21H,6-7,10-17H2,1-2H3,(H,25,28). The van der Waals surface area contributed by atoms with E-state index in [-0.39, 0.29) is 17.4 Å². The maximum absolute atomic E-state index is 13.0. The lowest BCUT2D eigenvalue weighted by Gasteiger charge is -2.42. The first kappa shape index (κ1) is 20.4. The highest BCUT2D eigenvalue weighted by molar-refractivity contribution is 5.81. The number of amides is 2. The van der Waals surface area contributed by atoms with Crippen molar-refractivity contribution in [1.29, 1.82) is 0 Å². The van der Waals surface area contributed by atoms with Crippen LogP contribution in [0.1, 0.15) is 57.9 Å². The molecule has 5 heteroatoms. The Morgan fingerprint density at radius 3 is 2.28 bits per heavy atom. The average molecular weight is 398 g/mol. The summed E-state index contributed by atoms with van der Waals surface area (Å²) < 4.78 is 0. The normalized spacial score (nSPS) is 24.3. The van der Waals surface area contributed by atoms with Gasteiger partial charge in [0, 0.05) is 31.6 Å². The van der Waals surface area contributed by atoms with Crippen LogP contribution in [0.4, 0.5) is 0 Å². The lowest BCUT2D eigenvalue weighted by atomic mass is 9.90. The molecule has 1 unspecified atom stereocenters. The summed E-state index contributed by atoms with van der Waals surface area (Å²) in [6.07, 6.45) is 6.30. The van der Waals surface area contributed by atoms with E-state index in [1.807, 2.05) is 18.2 Å². The predicted molar refractivity (Wildman–Crippen MR) is 114 cm³/mol. The average Bonchev–Trinajstić information content (AvgIpc) is 3.59. The van der Waals surface area contributed by atoms with E-state index < -0.39 is 0 Å². The number of carbonyl (C=O) groups excluding carboxylic acids is 2. The molecule has 0 bridgehead atoms. The van der Waals surface area contributed by atoms with Gasteiger partial charge in [0.1, 0.15) is 0 Å². The molecule has 2 heterocycles. The molecule has 2 aliphatic heterocycles. The highest BCUT2D eigenvalue weighted by Crippen LogP contribution is 2.33. The molecule has 0 aromatic heterocycles. The SMILES string of the molecule is CC(C)(NC(=O)C1CCCN(C2CCN(C(=O)C3CC3)CC2)C1)c1ccccc1. The van der Waals surface area contributed by atoms with E-state index >= 15 is 0 Å². The molecule has 1 aliphatic carbocycles. The van der Waals surface area contributed by atoms with Gasteiger partial charge in [0.25, 0.3) is 0 Å². The van der Waals surface area contributed by atoms with Gasteiger partial charge >= 0.3 is 0 Å². The van der Waals surface area contributed by atoms with Gasteiger partial charge in [0.15, 0.2) is 0 Å². The number of nitrogens with one attached hydrogen (secondary N) is 1. The number of hydrogen-bond donors (Lipinski definition) is 1. The van der Waals surface area contributed by atoms with Crippen molar-refractivity contribution >= 4 is 11.8 Å². The fourth-order valence-electron chi connectivity index (χ4n) is 4.93. The molecule has 0 spiro atoms. The Labute approximate surface area is 174 Å². The zero-order valence-electron chi connectivity index (χ0n) is 17.9. The minimum atomic E-state index is -0.366. The molecule has 1 N–H and O–H groups in total. The molecule has 5 nitrogen and oxygen atoms in total. The molecule has 1 saturated carbocycles. The van der Waals surface area contributed by atoms with Crippen molar-refractivity contribution in [3.63, 3.8) is 0 Å². The molecule has 2 amide bonds. The van der Waals surface area contributed by atoms with E-state index in [4.69, 9.17) is 0 Å². The number of hydrogen-bond acceptors (Lipinski definition) is 3. The summed E-state index contributed by atoms with van der Waals surface area (Å²) in [5, 5.41) is 3.29. The Hall–Kier alpha value is -1.88. The molecule has 0 radical (unpaired) electrons. The summed E-state index contributed by atoms with van der Waals surface area (Å²) in [6, 6.07) is 10.7. The van der Waals surface area contributed by atoms with Gasteiger partial charge in [-0.05, 0) is 64.5 Å². The number of piperidine rings is 2. The van der Waals surface area contributed by atoms with Gasteiger partial charge in [-0.25, -0.2) is 0 Å². The van der Waals surface area contributed by atoms with Crippen molar-refractivity contribution in [1.82, 2.24) is 15.1 Å². The molecule has 4 rings (SSSR count). The maximum atomic E-state index is 13.0. The van der Waals surface area contributed by atoms with Crippen molar-refractivity contribution in [2.24, 2.45) is 11.8 Å². The highest BCUT2D eigenvalue weighted by atomic mass is 16.2. The molecular formula is C24H35N3O2. The van der Waals surface area contributed by atoms with Crippen molar-refractivity contribution in [3.8, 4) is 0 Å². The minimum Gasteiger partial charge on any atom is -0.347 e. The first-order valence-electron chi connectivity index (χ1n) is 11.3. The van der Waals surface area contributed by atoms with Crippen LogP contribution in [0.5, 0.6) is 0 Å². The summed E-state index contributed by atoms with van der Waals surface area (Å²) in [6.45, 7) is 7.84. The van der Waals surface area contributed by atoms with Crippen LogP contribution in [0.15, 0.2) is 30.3 Å². The Bertz CT molecular complexity index is 721. The van der Waals surface area contributed by atoms with Crippen LogP contribution in [0.25, 0.3) is 0 Å². The number of likely N-dealkylation sites (tertiary alicyclic amines) is 2. The summed E-state index contributed by atoms with van der Waals surface area (Å²) in [4.78, 5) is 29.9. The van der Waals surface area contributed by atoms with Crippen LogP contribution < -0.4 is 5.32 Å². The third-order valence-electron chi connectivity index (χ3n) is 6.97. The second kappa shape index (κ2) is 8.47. The zero-order valence-corrected chi connectivity index (χ0v) is 17.9. The minimum absolute atomic E-state index is 0.0536. The fraction of sp³-hybridized carbons (Fsp3) is 0.667. The summed E-state index contributed by atoms with van der Waals surface area (Å²) in [7, 11) is 0. The van der Waals surface area contributed by atoms with E-state index in [1.165, 1.54) is 0 Å².